The van der Waals surface area contributed by atoms with Crippen molar-refractivity contribution in [3.63, 3.8) is 0 Å². The highest BCUT2D eigenvalue weighted by Crippen LogP contribution is 2.48. The first-order valence-corrected chi connectivity index (χ1v) is 17.2. The van der Waals surface area contributed by atoms with Gasteiger partial charge in [-0.2, -0.15) is 10.5 Å². The Morgan fingerprint density at radius 2 is 1.16 bits per heavy atom. The summed E-state index contributed by atoms with van der Waals surface area (Å²) < 4.78 is 3.40. The van der Waals surface area contributed by atoms with E-state index >= 15 is 0 Å². The molecule has 0 spiro atoms. The van der Waals surface area contributed by atoms with E-state index in [1.807, 2.05) is 34.3 Å². The number of hydrogen-bond donors (Lipinski definition) is 2. The van der Waals surface area contributed by atoms with E-state index < -0.39 is 10.8 Å². The second kappa shape index (κ2) is 11.3. The topological polar surface area (TPSA) is 206 Å². The number of amides is 2. The molecule has 2 aliphatic carbocycles. The molecule has 16 heteroatoms. The smallest absolute Gasteiger partial charge is 0.243 e. The predicted molar refractivity (Wildman–Crippen MR) is 177 cm³/mol. The fourth-order valence-electron chi connectivity index (χ4n) is 7.76. The number of piperidine rings is 2. The second-order valence-electron chi connectivity index (χ2n) is 14.1. The van der Waals surface area contributed by atoms with Crippen LogP contribution in [-0.4, -0.2) is 97.4 Å². The monoisotopic (exact) mass is 670 g/mol. The van der Waals surface area contributed by atoms with Crippen molar-refractivity contribution in [1.29, 1.82) is 10.5 Å². The van der Waals surface area contributed by atoms with Crippen LogP contribution in [0.1, 0.15) is 74.6 Å². The van der Waals surface area contributed by atoms with Gasteiger partial charge in [-0.15, -0.1) is 10.2 Å². The zero-order chi connectivity index (χ0) is 34.0. The van der Waals surface area contributed by atoms with Gasteiger partial charge in [0, 0.05) is 61.2 Å². The number of aromatic nitrogens is 10. The lowest BCUT2D eigenvalue weighted by Gasteiger charge is -2.33. The summed E-state index contributed by atoms with van der Waals surface area (Å²) in [7, 11) is 0. The van der Waals surface area contributed by atoms with Crippen molar-refractivity contribution < 1.29 is 9.59 Å². The van der Waals surface area contributed by atoms with Gasteiger partial charge in [0.2, 0.25) is 11.8 Å². The molecule has 0 unspecified atom stereocenters. The molecule has 6 aromatic rings. The molecular formula is C34H34N14O2. The number of rotatable bonds is 4. The number of fused-ring (bicyclic) bond motifs is 6. The molecule has 252 valence electrons. The number of likely N-dealkylation sites (tertiary alicyclic amines) is 2. The molecule has 16 nitrogen and oxygen atoms in total. The molecule has 0 bridgehead atoms. The summed E-state index contributed by atoms with van der Waals surface area (Å²) in [6.07, 6.45) is 13.5. The Hall–Kier alpha value is -5.90. The maximum Gasteiger partial charge on any atom is 0.243 e. The van der Waals surface area contributed by atoms with Crippen LogP contribution in [0.2, 0.25) is 0 Å². The molecule has 2 amide bonds. The third-order valence-electron chi connectivity index (χ3n) is 10.9. The van der Waals surface area contributed by atoms with Gasteiger partial charge in [-0.25, -0.2) is 19.0 Å². The van der Waals surface area contributed by atoms with Gasteiger partial charge in [0.05, 0.1) is 23.5 Å². The van der Waals surface area contributed by atoms with Crippen LogP contribution in [-0.2, 0) is 9.59 Å². The first-order chi connectivity index (χ1) is 24.4. The van der Waals surface area contributed by atoms with Gasteiger partial charge in [-0.05, 0) is 63.5 Å². The molecule has 2 saturated carbocycles. The summed E-state index contributed by atoms with van der Waals surface area (Å²) in [5.74, 6) is 0.240. The van der Waals surface area contributed by atoms with Crippen molar-refractivity contribution in [1.82, 2.24) is 59.4 Å². The van der Waals surface area contributed by atoms with E-state index in [4.69, 9.17) is 0 Å². The van der Waals surface area contributed by atoms with Crippen molar-refractivity contribution in [2.75, 3.05) is 26.2 Å². The van der Waals surface area contributed by atoms with Crippen LogP contribution < -0.4 is 0 Å². The number of nitrogens with one attached hydrogen (secondary N) is 2. The third kappa shape index (κ3) is 4.77. The summed E-state index contributed by atoms with van der Waals surface area (Å²) in [4.78, 5) is 44.0. The molecule has 4 aliphatic rings. The van der Waals surface area contributed by atoms with Crippen LogP contribution in [0.4, 0.5) is 0 Å². The zero-order valence-corrected chi connectivity index (χ0v) is 27.3. The van der Waals surface area contributed by atoms with Crippen LogP contribution in [0, 0.1) is 33.5 Å². The second-order valence-corrected chi connectivity index (χ2v) is 14.1. The quantitative estimate of drug-likeness (QED) is 0.280. The van der Waals surface area contributed by atoms with E-state index in [1.165, 1.54) is 0 Å². The molecule has 2 atom stereocenters. The van der Waals surface area contributed by atoms with Crippen molar-refractivity contribution in [2.24, 2.45) is 10.8 Å². The first-order valence-electron chi connectivity index (χ1n) is 17.2. The number of hydrogen-bond acceptors (Lipinski definition) is 10. The lowest BCUT2D eigenvalue weighted by Crippen LogP contribution is -2.43. The Bertz CT molecular complexity index is 2210. The van der Waals surface area contributed by atoms with Crippen molar-refractivity contribution in [3.05, 3.63) is 48.6 Å². The summed E-state index contributed by atoms with van der Waals surface area (Å²) in [5.41, 5.74) is 3.82. The van der Waals surface area contributed by atoms with Crippen LogP contribution >= 0.6 is 0 Å². The van der Waals surface area contributed by atoms with Gasteiger partial charge in [0.15, 0.2) is 0 Å². The molecule has 4 fully saturated rings. The van der Waals surface area contributed by atoms with E-state index in [-0.39, 0.29) is 23.7 Å². The van der Waals surface area contributed by atoms with E-state index in [0.29, 0.717) is 38.8 Å². The van der Waals surface area contributed by atoms with E-state index in [9.17, 15) is 20.1 Å². The number of carbonyl (C=O) groups is 2. The predicted octanol–water partition coefficient (Wildman–Crippen LogP) is 3.23. The van der Waals surface area contributed by atoms with Crippen molar-refractivity contribution >= 4 is 44.9 Å². The fourth-order valence-corrected chi connectivity index (χ4v) is 7.76. The van der Waals surface area contributed by atoms with Crippen LogP contribution in [0.5, 0.6) is 0 Å². The molecule has 6 aromatic heterocycles. The first kappa shape index (κ1) is 30.2. The number of H-pyrrole nitrogens is 2. The van der Waals surface area contributed by atoms with E-state index in [1.54, 1.807) is 21.7 Å². The highest BCUT2D eigenvalue weighted by Gasteiger charge is 2.54. The van der Waals surface area contributed by atoms with Gasteiger partial charge in [0.25, 0.3) is 0 Å². The van der Waals surface area contributed by atoms with E-state index in [0.717, 1.165) is 83.3 Å². The van der Waals surface area contributed by atoms with Crippen LogP contribution in [0.15, 0.2) is 37.2 Å². The summed E-state index contributed by atoms with van der Waals surface area (Å²) in [6, 6.07) is 8.38. The van der Waals surface area contributed by atoms with Gasteiger partial charge in [-0.3, -0.25) is 9.59 Å². The van der Waals surface area contributed by atoms with E-state index in [2.05, 4.69) is 52.7 Å². The largest absolute Gasteiger partial charge is 0.346 e. The van der Waals surface area contributed by atoms with Crippen LogP contribution in [0.3, 0.4) is 0 Å². The Kier molecular flexibility index (Phi) is 6.84. The number of carbonyl (C=O) groups excluding carboxylic acids is 2. The SMILES string of the molecule is N#CC1(C(=O)N2CCC[C@@H](c3nnn4cnc5[nH]ccc5c34)C2)CC1.N#CC1(C(=O)N2CCC[C@H](c3nnn4cnc5[nH]ccc5c34)C2)CC1. The average molecular weight is 671 g/mol. The Morgan fingerprint density at radius 3 is 1.56 bits per heavy atom. The number of nitriles is 2. The minimum absolute atomic E-state index is 0.00960. The Balaban J connectivity index is 0.000000135. The van der Waals surface area contributed by atoms with Crippen LogP contribution in [0.25, 0.3) is 33.1 Å². The molecule has 8 heterocycles. The molecule has 0 aromatic carbocycles. The lowest BCUT2D eigenvalue weighted by molar-refractivity contribution is -0.136. The minimum atomic E-state index is -0.756. The maximum absolute atomic E-state index is 12.7. The summed E-state index contributed by atoms with van der Waals surface area (Å²) >= 11 is 0. The molecule has 2 saturated heterocycles. The zero-order valence-electron chi connectivity index (χ0n) is 27.3. The van der Waals surface area contributed by atoms with Crippen molar-refractivity contribution in [2.45, 2.75) is 63.2 Å². The Morgan fingerprint density at radius 1 is 0.720 bits per heavy atom. The standard InChI is InChI=1S/2C17H17N7O/c2*18-9-17(4-5-17)16(25)23-7-1-2-11(8-23)13-14-12-3-6-19-15(12)20-10-24(14)22-21-13/h2*3,6,10-11,19H,1-2,4-5,7-8H2/t2*11-/m10/s1. The normalized spacial score (nSPS) is 22.2. The lowest BCUT2D eigenvalue weighted by atomic mass is 9.92. The molecule has 0 radical (unpaired) electrons. The van der Waals surface area contributed by atoms with Gasteiger partial charge < -0.3 is 19.8 Å². The number of nitrogens with zero attached hydrogens (tertiary/aromatic N) is 12. The molecule has 2 N–H and O–H groups in total. The average Bonchev–Trinajstić information content (AvgIpc) is 3.80. The highest BCUT2D eigenvalue weighted by atomic mass is 16.2. The third-order valence-corrected chi connectivity index (χ3v) is 10.9. The summed E-state index contributed by atoms with van der Waals surface area (Å²) in [5, 5.41) is 37.8. The highest BCUT2D eigenvalue weighted by molar-refractivity contribution is 5.94. The Labute approximate surface area is 285 Å². The fraction of sp³-hybridized carbons (Fsp3) is 0.471. The van der Waals surface area contributed by atoms with Gasteiger partial charge >= 0.3 is 0 Å². The van der Waals surface area contributed by atoms with Gasteiger partial charge in [0.1, 0.15) is 45.8 Å². The molecule has 10 rings (SSSR count). The molecule has 50 heavy (non-hydrogen) atoms. The minimum Gasteiger partial charge on any atom is -0.346 e. The maximum atomic E-state index is 12.7. The summed E-state index contributed by atoms with van der Waals surface area (Å²) in [6.45, 7) is 2.65. The molecule has 2 aliphatic heterocycles. The van der Waals surface area contributed by atoms with Gasteiger partial charge in [-0.1, -0.05) is 10.4 Å². The number of aromatic amines is 2. The molecular weight excluding hydrogens is 636 g/mol. The van der Waals surface area contributed by atoms with Crippen molar-refractivity contribution in [3.8, 4) is 12.1 Å².